The van der Waals surface area contributed by atoms with Gasteiger partial charge in [-0.15, -0.1) is 0 Å². The second-order valence-corrected chi connectivity index (χ2v) is 8.26. The van der Waals surface area contributed by atoms with Crippen molar-refractivity contribution >= 4 is 35.2 Å². The highest BCUT2D eigenvalue weighted by Crippen LogP contribution is 2.27. The molecule has 0 radical (unpaired) electrons. The van der Waals surface area contributed by atoms with E-state index >= 15 is 0 Å². The van der Waals surface area contributed by atoms with E-state index in [1.165, 1.54) is 0 Å². The van der Waals surface area contributed by atoms with Gasteiger partial charge in [-0.3, -0.25) is 15.1 Å². The van der Waals surface area contributed by atoms with Crippen molar-refractivity contribution in [3.05, 3.63) is 94.5 Å². The van der Waals surface area contributed by atoms with E-state index in [9.17, 15) is 4.79 Å². The van der Waals surface area contributed by atoms with Crippen LogP contribution in [0.1, 0.15) is 23.6 Å². The number of aliphatic carboxylic acids is 1. The van der Waals surface area contributed by atoms with Crippen LogP contribution >= 0.6 is 11.6 Å². The number of hydrogen-bond donors (Lipinski definition) is 3. The van der Waals surface area contributed by atoms with Gasteiger partial charge >= 0.3 is 6.09 Å². The molecule has 1 unspecified atom stereocenters. The van der Waals surface area contributed by atoms with Crippen molar-refractivity contribution in [1.82, 2.24) is 0 Å². The molecule has 1 saturated heterocycles. The molecule has 1 atom stereocenters. The summed E-state index contributed by atoms with van der Waals surface area (Å²) in [6.45, 7) is 1.69. The Kier molecular flexibility index (Phi) is 8.69. The molecule has 0 aromatic heterocycles. The molecule has 3 aromatic rings. The Morgan fingerprint density at radius 3 is 2.46 bits per heavy atom. The van der Waals surface area contributed by atoms with Crippen LogP contribution in [0.15, 0.2) is 72.8 Å². The van der Waals surface area contributed by atoms with Crippen molar-refractivity contribution in [2.24, 2.45) is 5.73 Å². The van der Waals surface area contributed by atoms with Crippen LogP contribution in [0, 0.1) is 5.41 Å². The van der Waals surface area contributed by atoms with Crippen LogP contribution in [0.25, 0.3) is 0 Å². The van der Waals surface area contributed by atoms with Gasteiger partial charge in [-0.1, -0.05) is 41.9 Å². The molecule has 1 amide bonds. The number of nitrogens with two attached hydrogens (primary N) is 1. The maximum atomic E-state index is 12.3. The predicted molar refractivity (Wildman–Crippen MR) is 135 cm³/mol. The standard InChI is InChI=1S/C24H22ClN3O3.C2H4O2/c25-19-8-11-22(18(13-19)12-16-4-2-1-3-5-16)30-15-21-14-28(24(29)31-21)20-9-6-17(7-10-20)23(26)27;1-2(3)4/h1-11,13,21H,12,14-15H2,(H3,26,27);1H3,(H,3,4). The second-order valence-electron chi connectivity index (χ2n) is 7.82. The molecule has 0 bridgehead atoms. The van der Waals surface area contributed by atoms with Crippen LogP contribution in [0.3, 0.4) is 0 Å². The summed E-state index contributed by atoms with van der Waals surface area (Å²) in [5.41, 5.74) is 8.90. The number of carbonyl (C=O) groups excluding carboxylic acids is 1. The second kappa shape index (κ2) is 11.9. The number of amides is 1. The smallest absolute Gasteiger partial charge is 0.414 e. The molecular formula is C26H26ClN3O5. The fourth-order valence-corrected chi connectivity index (χ4v) is 3.66. The van der Waals surface area contributed by atoms with E-state index in [1.807, 2.05) is 30.3 Å². The SMILES string of the molecule is CC(=O)O.N=C(N)c1ccc(N2CC(COc3ccc(Cl)cc3Cc3ccccc3)OC2=O)cc1. The highest BCUT2D eigenvalue weighted by atomic mass is 35.5. The summed E-state index contributed by atoms with van der Waals surface area (Å²) in [6, 6.07) is 22.5. The monoisotopic (exact) mass is 495 g/mol. The highest BCUT2D eigenvalue weighted by molar-refractivity contribution is 6.30. The number of halogens is 1. The molecule has 4 rings (SSSR count). The topological polar surface area (TPSA) is 126 Å². The van der Waals surface area contributed by atoms with Gasteiger partial charge in [0.15, 0.2) is 6.10 Å². The molecule has 0 aliphatic carbocycles. The average Bonchev–Trinajstić information content (AvgIpc) is 3.19. The van der Waals surface area contributed by atoms with E-state index < -0.39 is 18.2 Å². The van der Waals surface area contributed by atoms with Crippen LogP contribution in [-0.4, -0.2) is 42.3 Å². The molecule has 1 heterocycles. The number of anilines is 1. The van der Waals surface area contributed by atoms with E-state index in [1.54, 1.807) is 35.2 Å². The van der Waals surface area contributed by atoms with Crippen molar-refractivity contribution in [1.29, 1.82) is 5.41 Å². The lowest BCUT2D eigenvalue weighted by atomic mass is 10.0. The number of hydrogen-bond acceptors (Lipinski definition) is 5. The normalized spacial score (nSPS) is 14.5. The lowest BCUT2D eigenvalue weighted by molar-refractivity contribution is -0.134. The number of ether oxygens (including phenoxy) is 2. The van der Waals surface area contributed by atoms with E-state index in [4.69, 9.17) is 42.1 Å². The van der Waals surface area contributed by atoms with Gasteiger partial charge in [0, 0.05) is 29.6 Å². The number of carboxylic acid groups (broad SMARTS) is 1. The third kappa shape index (κ3) is 7.48. The van der Waals surface area contributed by atoms with Gasteiger partial charge in [-0.2, -0.15) is 0 Å². The first-order valence-electron chi connectivity index (χ1n) is 10.8. The Morgan fingerprint density at radius 2 is 1.83 bits per heavy atom. The number of carboxylic acids is 1. The largest absolute Gasteiger partial charge is 0.489 e. The quantitative estimate of drug-likeness (QED) is 0.322. The molecule has 4 N–H and O–H groups in total. The number of cyclic esters (lactones) is 1. The van der Waals surface area contributed by atoms with Crippen molar-refractivity contribution in [3.8, 4) is 5.75 Å². The van der Waals surface area contributed by atoms with E-state index in [-0.39, 0.29) is 12.4 Å². The Bertz CT molecular complexity index is 1180. The fourth-order valence-electron chi connectivity index (χ4n) is 3.47. The lowest BCUT2D eigenvalue weighted by Crippen LogP contribution is -2.26. The first-order chi connectivity index (χ1) is 16.7. The van der Waals surface area contributed by atoms with Gasteiger partial charge in [0.1, 0.15) is 18.2 Å². The van der Waals surface area contributed by atoms with E-state index in [0.717, 1.165) is 18.1 Å². The molecule has 8 nitrogen and oxygen atoms in total. The first kappa shape index (κ1) is 25.6. The zero-order valence-corrected chi connectivity index (χ0v) is 19.9. The maximum absolute atomic E-state index is 12.3. The molecule has 0 saturated carbocycles. The number of benzene rings is 3. The summed E-state index contributed by atoms with van der Waals surface area (Å²) in [5.74, 6) is -0.135. The number of nitrogen functional groups attached to an aromatic ring is 1. The number of nitrogens with zero attached hydrogens (tertiary/aromatic N) is 1. The molecule has 3 aromatic carbocycles. The fraction of sp³-hybridized carbons (Fsp3) is 0.192. The summed E-state index contributed by atoms with van der Waals surface area (Å²) >= 11 is 6.19. The number of carbonyl (C=O) groups is 2. The number of nitrogens with one attached hydrogen (secondary N) is 1. The molecule has 182 valence electrons. The molecule has 35 heavy (non-hydrogen) atoms. The van der Waals surface area contributed by atoms with E-state index in [0.29, 0.717) is 35.0 Å². The average molecular weight is 496 g/mol. The third-order valence-corrected chi connectivity index (χ3v) is 5.28. The van der Waals surface area contributed by atoms with Crippen LogP contribution in [0.4, 0.5) is 10.5 Å². The minimum absolute atomic E-state index is 0.0175. The van der Waals surface area contributed by atoms with E-state index in [2.05, 4.69) is 12.1 Å². The van der Waals surface area contributed by atoms with Crippen molar-refractivity contribution < 1.29 is 24.2 Å². The van der Waals surface area contributed by atoms with Crippen molar-refractivity contribution in [3.63, 3.8) is 0 Å². The molecule has 1 aliphatic heterocycles. The van der Waals surface area contributed by atoms with Crippen LogP contribution in [0.5, 0.6) is 5.75 Å². The number of rotatable bonds is 7. The zero-order chi connectivity index (χ0) is 25.4. The highest BCUT2D eigenvalue weighted by Gasteiger charge is 2.33. The molecule has 0 spiro atoms. The maximum Gasteiger partial charge on any atom is 0.414 e. The summed E-state index contributed by atoms with van der Waals surface area (Å²) < 4.78 is 11.5. The molecule has 1 fully saturated rings. The minimum Gasteiger partial charge on any atom is -0.489 e. The third-order valence-electron chi connectivity index (χ3n) is 5.05. The summed E-state index contributed by atoms with van der Waals surface area (Å²) in [6.07, 6.45) is -0.138. The Balaban J connectivity index is 0.000000795. The van der Waals surface area contributed by atoms with Gasteiger partial charge in [0.05, 0.1) is 6.54 Å². The minimum atomic E-state index is -0.833. The lowest BCUT2D eigenvalue weighted by Gasteiger charge is -2.15. The zero-order valence-electron chi connectivity index (χ0n) is 19.1. The van der Waals surface area contributed by atoms with Crippen LogP contribution < -0.4 is 15.4 Å². The van der Waals surface area contributed by atoms with Gasteiger partial charge in [-0.05, 0) is 53.6 Å². The van der Waals surface area contributed by atoms with Gasteiger partial charge in [0.25, 0.3) is 5.97 Å². The van der Waals surface area contributed by atoms with Crippen molar-refractivity contribution in [2.75, 3.05) is 18.1 Å². The Hall–Kier alpha value is -4.04. The van der Waals surface area contributed by atoms with Gasteiger partial charge in [0.2, 0.25) is 0 Å². The summed E-state index contributed by atoms with van der Waals surface area (Å²) in [7, 11) is 0. The molecule has 1 aliphatic rings. The molecular weight excluding hydrogens is 470 g/mol. The van der Waals surface area contributed by atoms with Gasteiger partial charge in [-0.25, -0.2) is 4.79 Å². The summed E-state index contributed by atoms with van der Waals surface area (Å²) in [4.78, 5) is 22.9. The first-order valence-corrected chi connectivity index (χ1v) is 11.2. The van der Waals surface area contributed by atoms with Crippen molar-refractivity contribution in [2.45, 2.75) is 19.4 Å². The predicted octanol–water partition coefficient (Wildman–Crippen LogP) is 4.71. The van der Waals surface area contributed by atoms with Crippen LogP contribution in [0.2, 0.25) is 5.02 Å². The Morgan fingerprint density at radius 1 is 1.17 bits per heavy atom. The summed E-state index contributed by atoms with van der Waals surface area (Å²) in [5, 5.41) is 15.5. The number of amidine groups is 1. The molecule has 9 heteroatoms. The van der Waals surface area contributed by atoms with Crippen LogP contribution in [-0.2, 0) is 16.0 Å². The Labute approximate surface area is 208 Å². The van der Waals surface area contributed by atoms with Gasteiger partial charge < -0.3 is 20.3 Å².